The number of halogens is 4. The molecule has 2 fully saturated rings. The van der Waals surface area contributed by atoms with E-state index >= 15 is 0 Å². The third-order valence-electron chi connectivity index (χ3n) is 5.64. The molecule has 2 saturated heterocycles. The second-order valence-corrected chi connectivity index (χ2v) is 10.3. The molecule has 11 heteroatoms. The first-order valence-corrected chi connectivity index (χ1v) is 12.3. The maximum absolute atomic E-state index is 13.1. The Bertz CT molecular complexity index is 887. The van der Waals surface area contributed by atoms with Gasteiger partial charge in [0.1, 0.15) is 4.90 Å². The van der Waals surface area contributed by atoms with Crippen molar-refractivity contribution in [3.63, 3.8) is 0 Å². The SMILES string of the molecule is O=C(c1ccc(Cl)c(S(=O)(=O)N2CCCCCC2)c1)N1CCCN(CC(F)(F)F)CC1. The third kappa shape index (κ3) is 6.34. The highest BCUT2D eigenvalue weighted by Gasteiger charge is 2.33. The molecule has 0 N–H and O–H groups in total. The number of hydrogen-bond acceptors (Lipinski definition) is 4. The van der Waals surface area contributed by atoms with Crippen LogP contribution >= 0.6 is 11.6 Å². The van der Waals surface area contributed by atoms with Crippen LogP contribution in [0, 0.1) is 0 Å². The van der Waals surface area contributed by atoms with Gasteiger partial charge in [-0.05, 0) is 37.5 Å². The van der Waals surface area contributed by atoms with Gasteiger partial charge in [0.2, 0.25) is 10.0 Å². The van der Waals surface area contributed by atoms with Crippen molar-refractivity contribution in [2.45, 2.75) is 43.2 Å². The van der Waals surface area contributed by atoms with E-state index in [9.17, 15) is 26.4 Å². The number of rotatable bonds is 4. The number of carbonyl (C=O) groups excluding carboxylic acids is 1. The van der Waals surface area contributed by atoms with Crippen LogP contribution in [0.5, 0.6) is 0 Å². The molecule has 0 saturated carbocycles. The maximum Gasteiger partial charge on any atom is 0.401 e. The topological polar surface area (TPSA) is 60.9 Å². The van der Waals surface area contributed by atoms with Crippen molar-refractivity contribution in [1.29, 1.82) is 0 Å². The van der Waals surface area contributed by atoms with E-state index in [4.69, 9.17) is 11.6 Å². The summed E-state index contributed by atoms with van der Waals surface area (Å²) in [6.07, 6.45) is -0.382. The Kier molecular flexibility index (Phi) is 7.88. The molecular weight excluding hydrogens is 455 g/mol. The monoisotopic (exact) mass is 481 g/mol. The van der Waals surface area contributed by atoms with Gasteiger partial charge in [-0.1, -0.05) is 24.4 Å². The number of amides is 1. The first kappa shape index (κ1) is 24.3. The number of carbonyl (C=O) groups is 1. The van der Waals surface area contributed by atoms with Crippen molar-refractivity contribution in [3.05, 3.63) is 28.8 Å². The number of alkyl halides is 3. The lowest BCUT2D eigenvalue weighted by Gasteiger charge is -2.24. The fourth-order valence-electron chi connectivity index (χ4n) is 4.02. The van der Waals surface area contributed by atoms with Crippen LogP contribution in [0.15, 0.2) is 23.1 Å². The normalized spacial score (nSPS) is 20.3. The van der Waals surface area contributed by atoms with E-state index in [1.807, 2.05) is 0 Å². The van der Waals surface area contributed by atoms with Crippen LogP contribution < -0.4 is 0 Å². The van der Waals surface area contributed by atoms with Gasteiger partial charge in [0, 0.05) is 44.8 Å². The van der Waals surface area contributed by atoms with E-state index < -0.39 is 28.7 Å². The Labute approximate surface area is 186 Å². The second kappa shape index (κ2) is 10.1. The van der Waals surface area contributed by atoms with Gasteiger partial charge in [-0.25, -0.2) is 8.42 Å². The molecule has 0 atom stereocenters. The summed E-state index contributed by atoms with van der Waals surface area (Å²) in [6, 6.07) is 4.15. The molecule has 2 heterocycles. The first-order chi connectivity index (χ1) is 14.6. The van der Waals surface area contributed by atoms with Gasteiger partial charge in [0.15, 0.2) is 0 Å². The van der Waals surface area contributed by atoms with Gasteiger partial charge < -0.3 is 4.90 Å². The van der Waals surface area contributed by atoms with Crippen LogP contribution in [0.25, 0.3) is 0 Å². The Hall–Kier alpha value is -1.36. The standard InChI is InChI=1S/C20H27ClF3N3O3S/c21-17-7-6-16(14-18(17)31(29,30)27-10-3-1-2-4-11-27)19(28)26-9-5-8-25(12-13-26)15-20(22,23)24/h6-7,14H,1-5,8-13,15H2. The molecule has 6 nitrogen and oxygen atoms in total. The Morgan fingerprint density at radius 2 is 1.61 bits per heavy atom. The summed E-state index contributed by atoms with van der Waals surface area (Å²) in [4.78, 5) is 15.7. The average molecular weight is 482 g/mol. The number of sulfonamides is 1. The first-order valence-electron chi connectivity index (χ1n) is 10.5. The molecule has 174 valence electrons. The van der Waals surface area contributed by atoms with Gasteiger partial charge >= 0.3 is 6.18 Å². The minimum atomic E-state index is -4.29. The van der Waals surface area contributed by atoms with Crippen LogP contribution in [0.1, 0.15) is 42.5 Å². The molecule has 0 aliphatic carbocycles. The van der Waals surface area contributed by atoms with E-state index in [0.29, 0.717) is 26.1 Å². The van der Waals surface area contributed by atoms with Crippen molar-refractivity contribution in [2.24, 2.45) is 0 Å². The highest BCUT2D eigenvalue weighted by molar-refractivity contribution is 7.89. The smallest absolute Gasteiger partial charge is 0.337 e. The fraction of sp³-hybridized carbons (Fsp3) is 0.650. The lowest BCUT2D eigenvalue weighted by Crippen LogP contribution is -2.38. The molecular formula is C20H27ClF3N3O3S. The van der Waals surface area contributed by atoms with E-state index in [-0.39, 0.29) is 35.1 Å². The quantitative estimate of drug-likeness (QED) is 0.659. The second-order valence-electron chi connectivity index (χ2n) is 8.00. The molecule has 31 heavy (non-hydrogen) atoms. The van der Waals surface area contributed by atoms with Crippen molar-refractivity contribution >= 4 is 27.5 Å². The van der Waals surface area contributed by atoms with Crippen LogP contribution in [0.2, 0.25) is 5.02 Å². The molecule has 0 radical (unpaired) electrons. The van der Waals surface area contributed by atoms with Gasteiger partial charge in [0.05, 0.1) is 11.6 Å². The van der Waals surface area contributed by atoms with Gasteiger partial charge in [-0.3, -0.25) is 9.69 Å². The molecule has 1 aromatic rings. The van der Waals surface area contributed by atoms with Crippen LogP contribution in [0.3, 0.4) is 0 Å². The number of benzene rings is 1. The Morgan fingerprint density at radius 1 is 0.935 bits per heavy atom. The number of hydrogen-bond donors (Lipinski definition) is 0. The third-order valence-corrected chi connectivity index (χ3v) is 8.02. The molecule has 0 unspecified atom stereocenters. The molecule has 2 aliphatic rings. The largest absolute Gasteiger partial charge is 0.401 e. The van der Waals surface area contributed by atoms with Crippen LogP contribution in [0.4, 0.5) is 13.2 Å². The summed E-state index contributed by atoms with van der Waals surface area (Å²) in [6.45, 7) is 0.635. The zero-order valence-corrected chi connectivity index (χ0v) is 18.8. The lowest BCUT2D eigenvalue weighted by atomic mass is 10.2. The minimum Gasteiger partial charge on any atom is -0.337 e. The number of nitrogens with zero attached hydrogens (tertiary/aromatic N) is 3. The molecule has 2 aliphatic heterocycles. The molecule has 0 bridgehead atoms. The van der Waals surface area contributed by atoms with Crippen LogP contribution in [-0.4, -0.2) is 80.4 Å². The Balaban J connectivity index is 1.77. The van der Waals surface area contributed by atoms with E-state index in [2.05, 4.69) is 0 Å². The van der Waals surface area contributed by atoms with Crippen molar-refractivity contribution in [2.75, 3.05) is 45.8 Å². The Morgan fingerprint density at radius 3 is 2.26 bits per heavy atom. The molecule has 3 rings (SSSR count). The summed E-state index contributed by atoms with van der Waals surface area (Å²) in [5, 5.41) is 0.0491. The minimum absolute atomic E-state index is 0.0491. The zero-order valence-electron chi connectivity index (χ0n) is 17.2. The summed E-state index contributed by atoms with van der Waals surface area (Å²) >= 11 is 6.19. The van der Waals surface area contributed by atoms with Gasteiger partial charge in [-0.15, -0.1) is 0 Å². The molecule has 0 aromatic heterocycles. The summed E-state index contributed by atoms with van der Waals surface area (Å²) in [5.41, 5.74) is 0.169. The van der Waals surface area contributed by atoms with Crippen molar-refractivity contribution < 1.29 is 26.4 Å². The van der Waals surface area contributed by atoms with Crippen LogP contribution in [-0.2, 0) is 10.0 Å². The van der Waals surface area contributed by atoms with E-state index in [1.54, 1.807) is 0 Å². The predicted octanol–water partition coefficient (Wildman–Crippen LogP) is 3.61. The summed E-state index contributed by atoms with van der Waals surface area (Å²) < 4.78 is 65.7. The van der Waals surface area contributed by atoms with Crippen molar-refractivity contribution in [1.82, 2.24) is 14.1 Å². The highest BCUT2D eigenvalue weighted by Crippen LogP contribution is 2.28. The van der Waals surface area contributed by atoms with E-state index in [1.165, 1.54) is 32.3 Å². The predicted molar refractivity (Wildman–Crippen MR) is 112 cm³/mol. The molecule has 0 spiro atoms. The zero-order chi connectivity index (χ0) is 22.6. The fourth-order valence-corrected chi connectivity index (χ4v) is 6.04. The van der Waals surface area contributed by atoms with E-state index in [0.717, 1.165) is 25.7 Å². The molecule has 1 amide bonds. The average Bonchev–Trinajstić information content (AvgIpc) is 3.10. The molecule has 1 aromatic carbocycles. The maximum atomic E-state index is 13.1. The summed E-state index contributed by atoms with van der Waals surface area (Å²) in [5.74, 6) is -0.405. The lowest BCUT2D eigenvalue weighted by molar-refractivity contribution is -0.145. The highest BCUT2D eigenvalue weighted by atomic mass is 35.5. The van der Waals surface area contributed by atoms with Gasteiger partial charge in [-0.2, -0.15) is 17.5 Å². The summed E-state index contributed by atoms with van der Waals surface area (Å²) in [7, 11) is -3.84. The van der Waals surface area contributed by atoms with Gasteiger partial charge in [0.25, 0.3) is 5.91 Å². The van der Waals surface area contributed by atoms with Crippen molar-refractivity contribution in [3.8, 4) is 0 Å².